The maximum absolute atomic E-state index is 12.4. The Morgan fingerprint density at radius 1 is 1.33 bits per heavy atom. The summed E-state index contributed by atoms with van der Waals surface area (Å²) in [5.41, 5.74) is 4.77. The van der Waals surface area contributed by atoms with Gasteiger partial charge in [-0.15, -0.1) is 0 Å². The van der Waals surface area contributed by atoms with Gasteiger partial charge in [0.15, 0.2) is 6.10 Å². The van der Waals surface area contributed by atoms with Crippen LogP contribution in [-0.4, -0.2) is 31.8 Å². The molecule has 0 spiro atoms. The molecule has 0 fully saturated rings. The molecular formula is C14H19F3N2O2. The molecule has 0 aliphatic carbocycles. The molecular weight excluding hydrogens is 285 g/mol. The zero-order valence-corrected chi connectivity index (χ0v) is 11.9. The zero-order valence-electron chi connectivity index (χ0n) is 11.9. The van der Waals surface area contributed by atoms with Crippen molar-refractivity contribution in [1.29, 1.82) is 0 Å². The standard InChI is InChI=1S/C14H19F3N2O2/c1-10(14(15,16)17)21-9-8-13(19-2,12(18)20)11-6-4-3-5-7-11/h3-7,10,19H,8-9H2,1-2H3,(H2,18,20). The third kappa shape index (κ3) is 4.18. The summed E-state index contributed by atoms with van der Waals surface area (Å²) in [4.78, 5) is 11.8. The van der Waals surface area contributed by atoms with E-state index in [1.807, 2.05) is 0 Å². The van der Waals surface area contributed by atoms with Gasteiger partial charge in [0.05, 0.1) is 0 Å². The Hall–Kier alpha value is -1.60. The Bertz CT molecular complexity index is 465. The second-order valence-electron chi connectivity index (χ2n) is 4.69. The Labute approximate surface area is 121 Å². The number of ether oxygens (including phenoxy) is 1. The second-order valence-corrected chi connectivity index (χ2v) is 4.69. The first-order valence-corrected chi connectivity index (χ1v) is 6.46. The van der Waals surface area contributed by atoms with E-state index in [1.165, 1.54) is 7.05 Å². The highest BCUT2D eigenvalue weighted by atomic mass is 19.4. The van der Waals surface area contributed by atoms with E-state index >= 15 is 0 Å². The van der Waals surface area contributed by atoms with Crippen LogP contribution in [0.3, 0.4) is 0 Å². The molecule has 1 rings (SSSR count). The van der Waals surface area contributed by atoms with Crippen LogP contribution in [0.5, 0.6) is 0 Å². The minimum absolute atomic E-state index is 0.00324. The van der Waals surface area contributed by atoms with Gasteiger partial charge in [-0.1, -0.05) is 30.3 Å². The fourth-order valence-corrected chi connectivity index (χ4v) is 2.01. The van der Waals surface area contributed by atoms with Crippen molar-refractivity contribution in [3.63, 3.8) is 0 Å². The molecule has 1 aromatic carbocycles. The van der Waals surface area contributed by atoms with Crippen LogP contribution in [-0.2, 0) is 15.1 Å². The van der Waals surface area contributed by atoms with Crippen LogP contribution >= 0.6 is 0 Å². The lowest BCUT2D eigenvalue weighted by Crippen LogP contribution is -2.52. The monoisotopic (exact) mass is 304 g/mol. The molecule has 2 atom stereocenters. The predicted molar refractivity (Wildman–Crippen MR) is 72.5 cm³/mol. The van der Waals surface area contributed by atoms with Crippen LogP contribution < -0.4 is 11.1 Å². The molecule has 2 unspecified atom stereocenters. The molecule has 0 heterocycles. The number of rotatable bonds is 7. The van der Waals surface area contributed by atoms with Gasteiger partial charge in [0.25, 0.3) is 0 Å². The van der Waals surface area contributed by atoms with Crippen molar-refractivity contribution in [1.82, 2.24) is 5.32 Å². The highest BCUT2D eigenvalue weighted by Crippen LogP contribution is 2.27. The second kappa shape index (κ2) is 6.91. The van der Waals surface area contributed by atoms with Gasteiger partial charge in [0.2, 0.25) is 5.91 Å². The first-order valence-electron chi connectivity index (χ1n) is 6.46. The first kappa shape index (κ1) is 17.5. The zero-order chi connectivity index (χ0) is 16.1. The third-order valence-electron chi connectivity index (χ3n) is 3.42. The van der Waals surface area contributed by atoms with E-state index in [-0.39, 0.29) is 13.0 Å². The molecule has 4 nitrogen and oxygen atoms in total. The van der Waals surface area contributed by atoms with Crippen LogP contribution in [0.2, 0.25) is 0 Å². The molecule has 0 saturated heterocycles. The summed E-state index contributed by atoms with van der Waals surface area (Å²) in [7, 11) is 1.53. The Morgan fingerprint density at radius 3 is 2.33 bits per heavy atom. The Balaban J connectivity index is 2.84. The molecule has 118 valence electrons. The summed E-state index contributed by atoms with van der Waals surface area (Å²) < 4.78 is 42.0. The maximum Gasteiger partial charge on any atom is 0.414 e. The van der Waals surface area contributed by atoms with E-state index in [0.717, 1.165) is 6.92 Å². The van der Waals surface area contributed by atoms with Gasteiger partial charge in [0.1, 0.15) is 5.54 Å². The molecule has 1 aromatic rings. The van der Waals surface area contributed by atoms with Crippen molar-refractivity contribution in [2.45, 2.75) is 31.2 Å². The number of hydrogen-bond donors (Lipinski definition) is 2. The molecule has 21 heavy (non-hydrogen) atoms. The third-order valence-corrected chi connectivity index (χ3v) is 3.42. The van der Waals surface area contributed by atoms with Crippen LogP contribution in [0.25, 0.3) is 0 Å². The smallest absolute Gasteiger partial charge is 0.369 e. The highest BCUT2D eigenvalue weighted by molar-refractivity contribution is 5.86. The maximum atomic E-state index is 12.4. The number of primary amides is 1. The number of benzene rings is 1. The van der Waals surface area contributed by atoms with Gasteiger partial charge < -0.3 is 15.8 Å². The average molecular weight is 304 g/mol. The van der Waals surface area contributed by atoms with E-state index in [4.69, 9.17) is 10.5 Å². The molecule has 0 saturated carbocycles. The van der Waals surface area contributed by atoms with E-state index in [1.54, 1.807) is 30.3 Å². The summed E-state index contributed by atoms with van der Waals surface area (Å²) in [6.45, 7) is 0.674. The fourth-order valence-electron chi connectivity index (χ4n) is 2.01. The molecule has 0 aliphatic rings. The average Bonchev–Trinajstić information content (AvgIpc) is 2.43. The van der Waals surface area contributed by atoms with Crippen molar-refractivity contribution in [2.24, 2.45) is 5.73 Å². The van der Waals surface area contributed by atoms with Crippen LogP contribution in [0.15, 0.2) is 30.3 Å². The molecule has 0 bridgehead atoms. The van der Waals surface area contributed by atoms with Gasteiger partial charge in [-0.05, 0) is 19.5 Å². The number of halogens is 3. The summed E-state index contributed by atoms with van der Waals surface area (Å²) in [5, 5.41) is 2.81. The highest BCUT2D eigenvalue weighted by Gasteiger charge is 2.39. The van der Waals surface area contributed by atoms with Crippen LogP contribution in [0.1, 0.15) is 18.9 Å². The fraction of sp³-hybridized carbons (Fsp3) is 0.500. The normalized spacial score (nSPS) is 16.2. The molecule has 0 radical (unpaired) electrons. The summed E-state index contributed by atoms with van der Waals surface area (Å²) >= 11 is 0. The predicted octanol–water partition coefficient (Wildman–Crippen LogP) is 1.94. The number of likely N-dealkylation sites (N-methyl/N-ethyl adjacent to an activating group) is 1. The van der Waals surface area contributed by atoms with Crippen molar-refractivity contribution in [3.05, 3.63) is 35.9 Å². The number of amides is 1. The number of carbonyl (C=O) groups is 1. The minimum Gasteiger partial charge on any atom is -0.369 e. The number of nitrogens with two attached hydrogens (primary N) is 1. The Morgan fingerprint density at radius 2 is 1.90 bits per heavy atom. The molecule has 1 amide bonds. The number of carbonyl (C=O) groups excluding carboxylic acids is 1. The first-order chi connectivity index (χ1) is 9.74. The van der Waals surface area contributed by atoms with Gasteiger partial charge in [-0.2, -0.15) is 13.2 Å². The van der Waals surface area contributed by atoms with Crippen molar-refractivity contribution < 1.29 is 22.7 Å². The van der Waals surface area contributed by atoms with Crippen molar-refractivity contribution in [3.8, 4) is 0 Å². The lowest BCUT2D eigenvalue weighted by molar-refractivity contribution is -0.215. The SMILES string of the molecule is CNC(CCOC(C)C(F)(F)F)(C(N)=O)c1ccccc1. The van der Waals surface area contributed by atoms with E-state index in [2.05, 4.69) is 5.32 Å². The van der Waals surface area contributed by atoms with Crippen LogP contribution in [0, 0.1) is 0 Å². The number of nitrogens with one attached hydrogen (secondary N) is 1. The molecule has 3 N–H and O–H groups in total. The van der Waals surface area contributed by atoms with Gasteiger partial charge in [-0.3, -0.25) is 4.79 Å². The van der Waals surface area contributed by atoms with Crippen molar-refractivity contribution >= 4 is 5.91 Å². The lowest BCUT2D eigenvalue weighted by Gasteiger charge is -2.31. The minimum atomic E-state index is -4.43. The van der Waals surface area contributed by atoms with Gasteiger partial charge in [0, 0.05) is 13.0 Å². The topological polar surface area (TPSA) is 64.3 Å². The van der Waals surface area contributed by atoms with Gasteiger partial charge >= 0.3 is 6.18 Å². The molecule has 7 heteroatoms. The quantitative estimate of drug-likeness (QED) is 0.809. The van der Waals surface area contributed by atoms with E-state index in [0.29, 0.717) is 5.56 Å². The summed E-state index contributed by atoms with van der Waals surface area (Å²) in [5.74, 6) is -0.667. The van der Waals surface area contributed by atoms with Crippen LogP contribution in [0.4, 0.5) is 13.2 Å². The summed E-state index contributed by atoms with van der Waals surface area (Å²) in [6, 6.07) is 8.60. The molecule has 0 aromatic heterocycles. The van der Waals surface area contributed by atoms with E-state index in [9.17, 15) is 18.0 Å². The van der Waals surface area contributed by atoms with E-state index < -0.39 is 23.7 Å². The largest absolute Gasteiger partial charge is 0.414 e. The Kier molecular flexibility index (Phi) is 5.74. The molecule has 0 aliphatic heterocycles. The summed E-state index contributed by atoms with van der Waals surface area (Å²) in [6.07, 6.45) is -6.32. The number of hydrogen-bond acceptors (Lipinski definition) is 3. The lowest BCUT2D eigenvalue weighted by atomic mass is 9.86. The van der Waals surface area contributed by atoms with Gasteiger partial charge in [-0.25, -0.2) is 0 Å². The van der Waals surface area contributed by atoms with Crippen molar-refractivity contribution in [2.75, 3.05) is 13.7 Å². The number of alkyl halides is 3.